The Labute approximate surface area is 131 Å². The average Bonchev–Trinajstić information content (AvgIpc) is 3.01. The van der Waals surface area contributed by atoms with E-state index in [4.69, 9.17) is 4.74 Å². The molecule has 5 nitrogen and oxygen atoms in total. The second-order valence-electron chi connectivity index (χ2n) is 6.33. The summed E-state index contributed by atoms with van der Waals surface area (Å²) in [6.07, 6.45) is 2.52. The Hall–Kier alpha value is -1.43. The smallest absolute Gasteiger partial charge is 0.241 e. The van der Waals surface area contributed by atoms with Crippen molar-refractivity contribution in [3.63, 3.8) is 0 Å². The molecule has 3 N–H and O–H groups in total. The van der Waals surface area contributed by atoms with Crippen molar-refractivity contribution < 1.29 is 14.6 Å². The Bertz CT molecular complexity index is 526. The Kier molecular flexibility index (Phi) is 4.76. The van der Waals surface area contributed by atoms with Crippen LogP contribution in [-0.2, 0) is 16.0 Å². The molecule has 2 unspecified atom stereocenters. The van der Waals surface area contributed by atoms with Gasteiger partial charge in [0.15, 0.2) is 0 Å². The van der Waals surface area contributed by atoms with E-state index in [0.29, 0.717) is 26.2 Å². The van der Waals surface area contributed by atoms with Gasteiger partial charge in [0.2, 0.25) is 5.91 Å². The first-order valence-corrected chi connectivity index (χ1v) is 8.02. The van der Waals surface area contributed by atoms with E-state index in [1.165, 1.54) is 5.56 Å². The van der Waals surface area contributed by atoms with Crippen molar-refractivity contribution in [3.8, 4) is 0 Å². The van der Waals surface area contributed by atoms with Crippen molar-refractivity contribution in [1.82, 2.24) is 10.6 Å². The van der Waals surface area contributed by atoms with Crippen molar-refractivity contribution in [3.05, 3.63) is 35.4 Å². The van der Waals surface area contributed by atoms with Crippen molar-refractivity contribution >= 4 is 5.91 Å². The lowest BCUT2D eigenvalue weighted by molar-refractivity contribution is -0.124. The Morgan fingerprint density at radius 2 is 2.32 bits per heavy atom. The van der Waals surface area contributed by atoms with E-state index >= 15 is 0 Å². The summed E-state index contributed by atoms with van der Waals surface area (Å²) in [6, 6.07) is 7.83. The fraction of sp³-hybridized carbons (Fsp3) is 0.588. The highest BCUT2D eigenvalue weighted by Crippen LogP contribution is 2.31. The van der Waals surface area contributed by atoms with Crippen LogP contribution in [0.2, 0.25) is 0 Å². The van der Waals surface area contributed by atoms with E-state index in [-0.39, 0.29) is 24.0 Å². The number of carbonyl (C=O) groups excluding carboxylic acids is 1. The first-order valence-electron chi connectivity index (χ1n) is 8.02. The van der Waals surface area contributed by atoms with Crippen molar-refractivity contribution in [1.29, 1.82) is 0 Å². The SMILES string of the molecule is O=C(NCC1(CCO)CCOC1)C1NCCc2ccccc21. The molecule has 1 aromatic carbocycles. The second-order valence-corrected chi connectivity index (χ2v) is 6.33. The number of fused-ring (bicyclic) bond motifs is 1. The molecule has 0 saturated carbocycles. The molecule has 2 aliphatic heterocycles. The molecule has 2 heterocycles. The summed E-state index contributed by atoms with van der Waals surface area (Å²) in [5, 5.41) is 15.6. The maximum absolute atomic E-state index is 12.6. The number of ether oxygens (including phenoxy) is 1. The zero-order valence-corrected chi connectivity index (χ0v) is 12.8. The molecule has 1 aromatic rings. The molecule has 5 heteroatoms. The van der Waals surface area contributed by atoms with Crippen LogP contribution in [0.5, 0.6) is 0 Å². The Morgan fingerprint density at radius 3 is 3.09 bits per heavy atom. The maximum Gasteiger partial charge on any atom is 0.241 e. The summed E-state index contributed by atoms with van der Waals surface area (Å²) >= 11 is 0. The molecule has 0 bridgehead atoms. The van der Waals surface area contributed by atoms with Crippen LogP contribution in [0, 0.1) is 5.41 Å². The number of amides is 1. The molecular weight excluding hydrogens is 280 g/mol. The van der Waals surface area contributed by atoms with Crippen LogP contribution in [0.3, 0.4) is 0 Å². The number of aliphatic hydroxyl groups is 1. The quantitative estimate of drug-likeness (QED) is 0.752. The first kappa shape index (κ1) is 15.5. The fourth-order valence-electron chi connectivity index (χ4n) is 3.43. The van der Waals surface area contributed by atoms with Gasteiger partial charge in [0.1, 0.15) is 6.04 Å². The standard InChI is InChI=1S/C17H24N2O3/c20-9-6-17(7-10-22-12-17)11-19-16(21)15-14-4-2-1-3-13(14)5-8-18-15/h1-4,15,18,20H,5-12H2,(H,19,21). The van der Waals surface area contributed by atoms with Crippen molar-refractivity contribution in [2.45, 2.75) is 25.3 Å². The minimum absolute atomic E-state index is 0.0105. The predicted molar refractivity (Wildman–Crippen MR) is 83.5 cm³/mol. The zero-order valence-electron chi connectivity index (χ0n) is 12.8. The lowest BCUT2D eigenvalue weighted by atomic mass is 9.83. The number of benzene rings is 1. The molecule has 0 radical (unpaired) electrons. The van der Waals surface area contributed by atoms with Crippen LogP contribution in [0.4, 0.5) is 0 Å². The molecule has 0 aromatic heterocycles. The monoisotopic (exact) mass is 304 g/mol. The van der Waals surface area contributed by atoms with E-state index in [0.717, 1.165) is 24.9 Å². The van der Waals surface area contributed by atoms with Gasteiger partial charge < -0.3 is 20.5 Å². The normalized spacial score (nSPS) is 27.4. The summed E-state index contributed by atoms with van der Waals surface area (Å²) in [5.41, 5.74) is 2.21. The molecule has 3 rings (SSSR count). The van der Waals surface area contributed by atoms with Crippen LogP contribution >= 0.6 is 0 Å². The van der Waals surface area contributed by atoms with Crippen LogP contribution in [0.25, 0.3) is 0 Å². The third-order valence-corrected chi connectivity index (χ3v) is 4.84. The van der Waals surface area contributed by atoms with Crippen LogP contribution < -0.4 is 10.6 Å². The van der Waals surface area contributed by atoms with Crippen molar-refractivity contribution in [2.75, 3.05) is 32.9 Å². The molecule has 1 fully saturated rings. The van der Waals surface area contributed by atoms with E-state index in [1.807, 2.05) is 18.2 Å². The number of hydrogen-bond donors (Lipinski definition) is 3. The number of hydrogen-bond acceptors (Lipinski definition) is 4. The lowest BCUT2D eigenvalue weighted by Gasteiger charge is -2.30. The largest absolute Gasteiger partial charge is 0.396 e. The summed E-state index contributed by atoms with van der Waals surface area (Å²) in [7, 11) is 0. The van der Waals surface area contributed by atoms with Gasteiger partial charge in [-0.3, -0.25) is 4.79 Å². The third-order valence-electron chi connectivity index (χ3n) is 4.84. The molecule has 22 heavy (non-hydrogen) atoms. The van der Waals surface area contributed by atoms with E-state index in [9.17, 15) is 9.90 Å². The van der Waals surface area contributed by atoms with Gasteiger partial charge in [0.25, 0.3) is 0 Å². The highest BCUT2D eigenvalue weighted by Gasteiger charge is 2.36. The Balaban J connectivity index is 1.65. The van der Waals surface area contributed by atoms with Crippen molar-refractivity contribution in [2.24, 2.45) is 5.41 Å². The van der Waals surface area contributed by atoms with Gasteiger partial charge in [0, 0.05) is 31.7 Å². The van der Waals surface area contributed by atoms with Gasteiger partial charge in [-0.2, -0.15) is 0 Å². The van der Waals surface area contributed by atoms with Crippen LogP contribution in [0.15, 0.2) is 24.3 Å². The van der Waals surface area contributed by atoms with E-state index < -0.39 is 0 Å². The molecular formula is C17H24N2O3. The first-order chi connectivity index (χ1) is 10.7. The number of rotatable bonds is 5. The van der Waals surface area contributed by atoms with Crippen LogP contribution in [0.1, 0.15) is 30.0 Å². The molecule has 1 amide bonds. The summed E-state index contributed by atoms with van der Waals surface area (Å²) in [5.74, 6) is 0.0105. The zero-order chi connectivity index (χ0) is 15.4. The van der Waals surface area contributed by atoms with Gasteiger partial charge in [-0.1, -0.05) is 24.3 Å². The number of nitrogens with one attached hydrogen (secondary N) is 2. The second kappa shape index (κ2) is 6.77. The van der Waals surface area contributed by atoms with E-state index in [1.54, 1.807) is 0 Å². The molecule has 1 saturated heterocycles. The van der Waals surface area contributed by atoms with Gasteiger partial charge in [-0.25, -0.2) is 0 Å². The average molecular weight is 304 g/mol. The lowest BCUT2D eigenvalue weighted by Crippen LogP contribution is -2.45. The summed E-state index contributed by atoms with van der Waals surface area (Å²) in [4.78, 5) is 12.6. The van der Waals surface area contributed by atoms with Gasteiger partial charge >= 0.3 is 0 Å². The third kappa shape index (κ3) is 3.16. The predicted octanol–water partition coefficient (Wildman–Crippen LogP) is 0.779. The molecule has 120 valence electrons. The minimum Gasteiger partial charge on any atom is -0.396 e. The molecule has 0 aliphatic carbocycles. The van der Waals surface area contributed by atoms with Crippen LogP contribution in [-0.4, -0.2) is 43.9 Å². The highest BCUT2D eigenvalue weighted by molar-refractivity contribution is 5.84. The molecule has 2 aliphatic rings. The highest BCUT2D eigenvalue weighted by atomic mass is 16.5. The summed E-state index contributed by atoms with van der Waals surface area (Å²) < 4.78 is 5.47. The van der Waals surface area contributed by atoms with Gasteiger partial charge in [0.05, 0.1) is 6.61 Å². The molecule has 2 atom stereocenters. The summed E-state index contributed by atoms with van der Waals surface area (Å²) in [6.45, 7) is 2.83. The van der Waals surface area contributed by atoms with Gasteiger partial charge in [-0.05, 0) is 30.4 Å². The molecule has 0 spiro atoms. The Morgan fingerprint density at radius 1 is 1.45 bits per heavy atom. The maximum atomic E-state index is 12.6. The fourth-order valence-corrected chi connectivity index (χ4v) is 3.43. The van der Waals surface area contributed by atoms with Gasteiger partial charge in [-0.15, -0.1) is 0 Å². The number of carbonyl (C=O) groups is 1. The minimum atomic E-state index is -0.279. The topological polar surface area (TPSA) is 70.6 Å². The van der Waals surface area contributed by atoms with E-state index in [2.05, 4.69) is 16.7 Å². The number of aliphatic hydroxyl groups excluding tert-OH is 1.